The molecule has 9 N–H and O–H groups in total. The van der Waals surface area contributed by atoms with Gasteiger partial charge in [0.15, 0.2) is 5.96 Å². The number of hydrogen-bond acceptors (Lipinski definition) is 7. The number of nitrogens with two attached hydrogens (primary N) is 2. The van der Waals surface area contributed by atoms with Gasteiger partial charge in [-0.25, -0.2) is 0 Å². The Morgan fingerprint density at radius 2 is 1.77 bits per heavy atom. The number of nitrogens with zero attached hydrogens (tertiary/aromatic N) is 2. The molecular weight excluding hydrogens is 566 g/mol. The Morgan fingerprint density at radius 1 is 1.02 bits per heavy atom. The average molecular weight is 608 g/mol. The summed E-state index contributed by atoms with van der Waals surface area (Å²) in [5.74, 6) is -3.18. The predicted molar refractivity (Wildman–Crippen MR) is 167 cm³/mol. The summed E-state index contributed by atoms with van der Waals surface area (Å²) in [6, 6.07) is 11.4. The number of carbonyl (C=O) groups is 5. The van der Waals surface area contributed by atoms with Crippen molar-refractivity contribution in [3.63, 3.8) is 0 Å². The maximum absolute atomic E-state index is 13.6. The highest BCUT2D eigenvalue weighted by Crippen LogP contribution is 2.17. The monoisotopic (exact) mass is 607 g/mol. The summed E-state index contributed by atoms with van der Waals surface area (Å²) >= 11 is 0. The summed E-state index contributed by atoms with van der Waals surface area (Å²) < 4.78 is 0. The summed E-state index contributed by atoms with van der Waals surface area (Å²) in [7, 11) is 3.23. The van der Waals surface area contributed by atoms with Gasteiger partial charge in [-0.05, 0) is 49.2 Å². The number of hydrogen-bond donors (Lipinski definition) is 7. The molecule has 1 fully saturated rings. The first-order valence-electron chi connectivity index (χ1n) is 14.4. The van der Waals surface area contributed by atoms with Gasteiger partial charge in [0.25, 0.3) is 5.91 Å². The van der Waals surface area contributed by atoms with Crippen LogP contribution in [-0.2, 0) is 30.4 Å². The van der Waals surface area contributed by atoms with Crippen molar-refractivity contribution in [2.75, 3.05) is 40.3 Å². The Kier molecular flexibility index (Phi) is 12.6. The maximum Gasteiger partial charge on any atom is 0.268 e. The van der Waals surface area contributed by atoms with Crippen LogP contribution in [-0.4, -0.2) is 92.8 Å². The standard InChI is InChI=1S/C30H41N9O5/c1-33-13-6-10-24-29(44)37-22(9-5-14-34-30(31)32)28(43)38-23(16-19-11-12-20-7-3-4-8-21(20)15-19)27(42)36-17-25(40)35-18-26(41)39(24)2/h3-4,7-9,11-12,15,23-24,33H,5-6,10,13-14,16-18H2,1-2H3,(H,35,40)(H,36,42)(H,37,44)(H,38,43)(H4,31,32,34)/b22-9-/t23-,24+/m0/s1. The minimum absolute atomic E-state index is 0.104. The first-order chi connectivity index (χ1) is 21.1. The summed E-state index contributed by atoms with van der Waals surface area (Å²) in [5, 5.41) is 15.4. The highest BCUT2D eigenvalue weighted by atomic mass is 16.2. The molecule has 14 heteroatoms. The smallest absolute Gasteiger partial charge is 0.268 e. The van der Waals surface area contributed by atoms with Gasteiger partial charge in [-0.2, -0.15) is 0 Å². The summed E-state index contributed by atoms with van der Waals surface area (Å²) in [6.07, 6.45) is 2.60. The van der Waals surface area contributed by atoms with Crippen molar-refractivity contribution in [1.29, 1.82) is 0 Å². The number of nitrogens with one attached hydrogen (secondary N) is 5. The van der Waals surface area contributed by atoms with Crippen LogP contribution in [0.15, 0.2) is 59.2 Å². The molecule has 0 spiro atoms. The number of aliphatic imine (C=N–C) groups is 1. The highest BCUT2D eigenvalue weighted by Gasteiger charge is 2.30. The van der Waals surface area contributed by atoms with Crippen LogP contribution in [0.1, 0.15) is 24.8 Å². The molecule has 2 atom stereocenters. The van der Waals surface area contributed by atoms with E-state index in [0.29, 0.717) is 13.0 Å². The van der Waals surface area contributed by atoms with Crippen molar-refractivity contribution in [3.05, 3.63) is 59.8 Å². The molecule has 1 aliphatic rings. The Balaban J connectivity index is 1.96. The zero-order valence-corrected chi connectivity index (χ0v) is 25.0. The van der Waals surface area contributed by atoms with Gasteiger partial charge in [0, 0.05) is 20.0 Å². The molecule has 44 heavy (non-hydrogen) atoms. The van der Waals surface area contributed by atoms with E-state index in [0.717, 1.165) is 16.3 Å². The minimum atomic E-state index is -1.10. The molecule has 0 aliphatic carbocycles. The molecule has 0 saturated carbocycles. The fraction of sp³-hybridized carbons (Fsp3) is 0.400. The third kappa shape index (κ3) is 10.1. The number of amides is 5. The number of rotatable bonds is 9. The van der Waals surface area contributed by atoms with Crippen molar-refractivity contribution in [2.45, 2.75) is 37.8 Å². The number of carbonyl (C=O) groups excluding carboxylic acids is 5. The van der Waals surface area contributed by atoms with Gasteiger partial charge in [-0.1, -0.05) is 48.5 Å². The third-order valence-electron chi connectivity index (χ3n) is 7.08. The molecule has 0 bridgehead atoms. The predicted octanol–water partition coefficient (Wildman–Crippen LogP) is -1.40. The van der Waals surface area contributed by atoms with Crippen molar-refractivity contribution in [1.82, 2.24) is 31.5 Å². The molecule has 0 aromatic heterocycles. The van der Waals surface area contributed by atoms with Crippen LogP contribution in [0.25, 0.3) is 10.8 Å². The van der Waals surface area contributed by atoms with Gasteiger partial charge in [-0.3, -0.25) is 29.0 Å². The minimum Gasteiger partial charge on any atom is -0.370 e. The van der Waals surface area contributed by atoms with E-state index in [2.05, 4.69) is 31.6 Å². The van der Waals surface area contributed by atoms with Crippen LogP contribution in [0.4, 0.5) is 0 Å². The zero-order chi connectivity index (χ0) is 32.1. The highest BCUT2D eigenvalue weighted by molar-refractivity contribution is 6.02. The van der Waals surface area contributed by atoms with Crippen molar-refractivity contribution in [3.8, 4) is 0 Å². The topological polar surface area (TPSA) is 213 Å². The molecule has 14 nitrogen and oxygen atoms in total. The number of fused-ring (bicyclic) bond motifs is 1. The van der Waals surface area contributed by atoms with Crippen LogP contribution in [0, 0.1) is 0 Å². The summed E-state index contributed by atoms with van der Waals surface area (Å²) in [4.78, 5) is 71.0. The fourth-order valence-electron chi connectivity index (χ4n) is 4.66. The molecule has 0 radical (unpaired) electrons. The van der Waals surface area contributed by atoms with Crippen LogP contribution >= 0.6 is 0 Å². The lowest BCUT2D eigenvalue weighted by atomic mass is 10.0. The van der Waals surface area contributed by atoms with Crippen LogP contribution in [0.5, 0.6) is 0 Å². The molecule has 5 amide bonds. The molecule has 0 unspecified atom stereocenters. The van der Waals surface area contributed by atoms with Crippen LogP contribution in [0.2, 0.25) is 0 Å². The lowest BCUT2D eigenvalue weighted by Crippen LogP contribution is -2.52. The fourth-order valence-corrected chi connectivity index (χ4v) is 4.66. The largest absolute Gasteiger partial charge is 0.370 e. The lowest BCUT2D eigenvalue weighted by Gasteiger charge is -2.28. The van der Waals surface area contributed by atoms with E-state index < -0.39 is 48.2 Å². The van der Waals surface area contributed by atoms with Crippen molar-refractivity contribution >= 4 is 46.3 Å². The van der Waals surface area contributed by atoms with E-state index in [1.807, 2.05) is 42.5 Å². The Bertz CT molecular complexity index is 1420. The quantitative estimate of drug-likeness (QED) is 0.0778. The second kappa shape index (κ2) is 16.6. The molecule has 236 valence electrons. The van der Waals surface area contributed by atoms with E-state index in [4.69, 9.17) is 11.5 Å². The van der Waals surface area contributed by atoms with E-state index >= 15 is 0 Å². The maximum atomic E-state index is 13.6. The van der Waals surface area contributed by atoms with E-state index in [9.17, 15) is 24.0 Å². The Morgan fingerprint density at radius 3 is 2.50 bits per heavy atom. The molecular formula is C30H41N9O5. The van der Waals surface area contributed by atoms with Gasteiger partial charge in [0.05, 0.1) is 13.1 Å². The summed E-state index contributed by atoms with van der Waals surface area (Å²) in [5.41, 5.74) is 11.5. The van der Waals surface area contributed by atoms with Gasteiger partial charge in [0.2, 0.25) is 23.6 Å². The molecule has 2 aromatic rings. The lowest BCUT2D eigenvalue weighted by molar-refractivity contribution is -0.139. The Labute approximate surface area is 256 Å². The second-order valence-corrected chi connectivity index (χ2v) is 10.4. The molecule has 1 aliphatic heterocycles. The van der Waals surface area contributed by atoms with E-state index in [1.165, 1.54) is 18.0 Å². The summed E-state index contributed by atoms with van der Waals surface area (Å²) in [6.45, 7) is -0.0495. The first kappa shape index (κ1) is 33.5. The number of benzene rings is 2. The average Bonchev–Trinajstić information content (AvgIpc) is 3.00. The SMILES string of the molecule is CNCCC[C@@H]1C(=O)N/C(=C\CCN=C(N)N)C(=O)N[C@@H](Cc2ccc3ccccc3c2)C(=O)NCC(=O)NCC(=O)N1C. The number of guanidine groups is 1. The normalized spacial score (nSPS) is 19.8. The first-order valence-corrected chi connectivity index (χ1v) is 14.4. The Hall–Kier alpha value is -4.98. The molecule has 3 rings (SSSR count). The zero-order valence-electron chi connectivity index (χ0n) is 25.0. The van der Waals surface area contributed by atoms with E-state index in [-0.39, 0.29) is 44.0 Å². The molecule has 1 saturated heterocycles. The molecule has 2 aromatic carbocycles. The van der Waals surface area contributed by atoms with Gasteiger partial charge in [0.1, 0.15) is 17.8 Å². The van der Waals surface area contributed by atoms with E-state index in [1.54, 1.807) is 7.05 Å². The van der Waals surface area contributed by atoms with Crippen LogP contribution < -0.4 is 38.1 Å². The van der Waals surface area contributed by atoms with Crippen molar-refractivity contribution in [2.24, 2.45) is 16.5 Å². The van der Waals surface area contributed by atoms with Crippen LogP contribution in [0.3, 0.4) is 0 Å². The van der Waals surface area contributed by atoms with Gasteiger partial charge >= 0.3 is 0 Å². The van der Waals surface area contributed by atoms with Gasteiger partial charge in [-0.15, -0.1) is 0 Å². The second-order valence-electron chi connectivity index (χ2n) is 10.4. The van der Waals surface area contributed by atoms with Crippen molar-refractivity contribution < 1.29 is 24.0 Å². The van der Waals surface area contributed by atoms with Gasteiger partial charge < -0.3 is 43.0 Å². The number of likely N-dealkylation sites (N-methyl/N-ethyl adjacent to an activating group) is 1. The third-order valence-corrected chi connectivity index (χ3v) is 7.08. The molecule has 1 heterocycles.